The Bertz CT molecular complexity index is 586. The van der Waals surface area contributed by atoms with Gasteiger partial charge in [-0.25, -0.2) is 0 Å². The van der Waals surface area contributed by atoms with E-state index in [0.29, 0.717) is 18.5 Å². The van der Waals surface area contributed by atoms with Gasteiger partial charge in [0, 0.05) is 17.0 Å². The number of nitriles is 1. The lowest BCUT2D eigenvalue weighted by Crippen LogP contribution is -2.37. The minimum absolute atomic E-state index is 0.0109. The zero-order valence-corrected chi connectivity index (χ0v) is 13.0. The number of hydrogen-bond donors (Lipinski definition) is 2. The molecule has 0 radical (unpaired) electrons. The number of rotatable bonds is 5. The van der Waals surface area contributed by atoms with Gasteiger partial charge in [-0.3, -0.25) is 9.59 Å². The third-order valence-electron chi connectivity index (χ3n) is 4.06. The van der Waals surface area contributed by atoms with Crippen LogP contribution in [0.15, 0.2) is 29.2 Å². The van der Waals surface area contributed by atoms with Gasteiger partial charge in [-0.05, 0) is 48.9 Å². The van der Waals surface area contributed by atoms with Crippen LogP contribution in [-0.2, 0) is 9.59 Å². The molecule has 1 aliphatic carbocycles. The number of carbonyl (C=O) groups excluding carboxylic acids is 1. The molecule has 5 nitrogen and oxygen atoms in total. The number of hydrogen-bond acceptors (Lipinski definition) is 4. The molecule has 0 bridgehead atoms. The second kappa shape index (κ2) is 7.32. The number of carbonyl (C=O) groups is 2. The van der Waals surface area contributed by atoms with Gasteiger partial charge in [0.05, 0.1) is 5.41 Å². The number of nitrogens with one attached hydrogen (secondary N) is 1. The van der Waals surface area contributed by atoms with Gasteiger partial charge >= 0.3 is 5.97 Å². The lowest BCUT2D eigenvalue weighted by Gasteiger charge is -2.32. The average molecular weight is 318 g/mol. The molecule has 0 aromatic heterocycles. The number of aliphatic carboxylic acids is 1. The van der Waals surface area contributed by atoms with E-state index < -0.39 is 11.4 Å². The molecule has 1 fully saturated rings. The number of nitrogens with zero attached hydrogens (tertiary/aromatic N) is 1. The molecule has 1 saturated carbocycles. The van der Waals surface area contributed by atoms with Crippen molar-refractivity contribution in [1.29, 1.82) is 5.26 Å². The second-order valence-electron chi connectivity index (χ2n) is 5.59. The Morgan fingerprint density at radius 3 is 2.41 bits per heavy atom. The van der Waals surface area contributed by atoms with Crippen molar-refractivity contribution in [3.63, 3.8) is 0 Å². The van der Waals surface area contributed by atoms with Gasteiger partial charge in [0.15, 0.2) is 0 Å². The monoisotopic (exact) mass is 318 g/mol. The highest BCUT2D eigenvalue weighted by Crippen LogP contribution is 2.39. The van der Waals surface area contributed by atoms with Crippen LogP contribution >= 0.6 is 11.8 Å². The lowest BCUT2D eigenvalue weighted by atomic mass is 9.71. The maximum absolute atomic E-state index is 12.2. The predicted octanol–water partition coefficient (Wildman–Crippen LogP) is 3.62. The molecular weight excluding hydrogens is 300 g/mol. The van der Waals surface area contributed by atoms with Crippen LogP contribution in [-0.4, -0.2) is 17.0 Å². The van der Waals surface area contributed by atoms with Crippen LogP contribution in [0.1, 0.15) is 38.5 Å². The Labute approximate surface area is 133 Å². The summed E-state index contributed by atoms with van der Waals surface area (Å²) in [6, 6.07) is 6.92. The molecule has 2 rings (SSSR count). The van der Waals surface area contributed by atoms with Gasteiger partial charge in [0.25, 0.3) is 0 Å². The number of carboxylic acids is 1. The van der Waals surface area contributed by atoms with E-state index in [-0.39, 0.29) is 12.3 Å². The lowest BCUT2D eigenvalue weighted by molar-refractivity contribution is -0.153. The molecule has 0 unspecified atom stereocenters. The number of amides is 1. The van der Waals surface area contributed by atoms with Crippen molar-refractivity contribution < 1.29 is 14.7 Å². The molecule has 0 spiro atoms. The minimum atomic E-state index is -0.918. The van der Waals surface area contributed by atoms with Crippen molar-refractivity contribution in [1.82, 2.24) is 0 Å². The molecule has 6 heteroatoms. The van der Waals surface area contributed by atoms with Crippen LogP contribution < -0.4 is 5.32 Å². The van der Waals surface area contributed by atoms with E-state index in [1.54, 1.807) is 24.3 Å². The summed E-state index contributed by atoms with van der Waals surface area (Å²) in [5.41, 5.74) is -0.303. The molecular formula is C16H18N2O3S. The molecule has 1 aromatic carbocycles. The molecule has 0 saturated heterocycles. The van der Waals surface area contributed by atoms with Crippen molar-refractivity contribution in [3.05, 3.63) is 24.3 Å². The summed E-state index contributed by atoms with van der Waals surface area (Å²) < 4.78 is 0. The van der Waals surface area contributed by atoms with Crippen LogP contribution in [0.4, 0.5) is 5.69 Å². The molecule has 0 heterocycles. The summed E-state index contributed by atoms with van der Waals surface area (Å²) in [5.74, 6) is -1.15. The van der Waals surface area contributed by atoms with Gasteiger partial charge in [-0.2, -0.15) is 5.26 Å². The average Bonchev–Trinajstić information content (AvgIpc) is 2.50. The maximum Gasteiger partial charge on any atom is 0.310 e. The second-order valence-corrected chi connectivity index (χ2v) is 6.45. The van der Waals surface area contributed by atoms with Crippen LogP contribution in [0, 0.1) is 16.1 Å². The minimum Gasteiger partial charge on any atom is -0.481 e. The molecule has 1 aliphatic rings. The summed E-state index contributed by atoms with van der Waals surface area (Å²) in [6.45, 7) is 0. The van der Waals surface area contributed by atoms with Gasteiger partial charge in [0.1, 0.15) is 5.40 Å². The van der Waals surface area contributed by atoms with Crippen LogP contribution in [0.3, 0.4) is 0 Å². The van der Waals surface area contributed by atoms with Gasteiger partial charge < -0.3 is 10.4 Å². The van der Waals surface area contributed by atoms with E-state index in [1.165, 1.54) is 0 Å². The largest absolute Gasteiger partial charge is 0.481 e. The first-order valence-electron chi connectivity index (χ1n) is 7.25. The fraction of sp³-hybridized carbons (Fsp3) is 0.438. The highest BCUT2D eigenvalue weighted by Gasteiger charge is 2.41. The van der Waals surface area contributed by atoms with E-state index in [9.17, 15) is 14.7 Å². The number of benzene rings is 1. The third kappa shape index (κ3) is 4.01. The van der Waals surface area contributed by atoms with Crippen molar-refractivity contribution in [3.8, 4) is 5.40 Å². The molecule has 0 aliphatic heterocycles. The van der Waals surface area contributed by atoms with Crippen LogP contribution in [0.2, 0.25) is 0 Å². The first-order chi connectivity index (χ1) is 10.6. The zero-order valence-electron chi connectivity index (χ0n) is 12.2. The zero-order chi connectivity index (χ0) is 16.0. The Morgan fingerprint density at radius 2 is 1.86 bits per heavy atom. The van der Waals surface area contributed by atoms with E-state index in [4.69, 9.17) is 5.26 Å². The fourth-order valence-electron chi connectivity index (χ4n) is 2.87. The topological polar surface area (TPSA) is 90.2 Å². The fourth-order valence-corrected chi connectivity index (χ4v) is 3.24. The van der Waals surface area contributed by atoms with Crippen LogP contribution in [0.5, 0.6) is 0 Å². The molecule has 1 aromatic rings. The Morgan fingerprint density at radius 1 is 1.23 bits per heavy atom. The highest BCUT2D eigenvalue weighted by atomic mass is 32.2. The van der Waals surface area contributed by atoms with E-state index in [0.717, 1.165) is 35.9 Å². The third-order valence-corrected chi connectivity index (χ3v) is 4.66. The first-order valence-corrected chi connectivity index (χ1v) is 8.07. The SMILES string of the molecule is N#CSc1ccc(NC(=O)CC2(C(=O)O)CCCCC2)cc1. The summed E-state index contributed by atoms with van der Waals surface area (Å²) >= 11 is 1.05. The Kier molecular flexibility index (Phi) is 5.45. The van der Waals surface area contributed by atoms with Crippen molar-refractivity contribution >= 4 is 29.3 Å². The van der Waals surface area contributed by atoms with E-state index in [2.05, 4.69) is 5.32 Å². The van der Waals surface area contributed by atoms with Crippen molar-refractivity contribution in [2.45, 2.75) is 43.4 Å². The Balaban J connectivity index is 1.99. The number of thiocyanates is 1. The molecule has 0 atom stereocenters. The van der Waals surface area contributed by atoms with Gasteiger partial charge in [-0.15, -0.1) is 0 Å². The van der Waals surface area contributed by atoms with Gasteiger partial charge in [0.2, 0.25) is 5.91 Å². The van der Waals surface area contributed by atoms with Gasteiger partial charge in [-0.1, -0.05) is 19.3 Å². The Hall–Kier alpha value is -2.00. The summed E-state index contributed by atoms with van der Waals surface area (Å²) in [5, 5.41) is 22.8. The summed E-state index contributed by atoms with van der Waals surface area (Å²) in [7, 11) is 0. The number of anilines is 1. The summed E-state index contributed by atoms with van der Waals surface area (Å²) in [6.07, 6.45) is 3.89. The van der Waals surface area contributed by atoms with Crippen molar-refractivity contribution in [2.75, 3.05) is 5.32 Å². The first kappa shape index (κ1) is 16.4. The standard InChI is InChI=1S/C16H18N2O3S/c17-11-22-13-6-4-12(5-7-13)18-14(19)10-16(15(20)21)8-2-1-3-9-16/h4-7H,1-3,8-10H2,(H,18,19)(H,20,21). The number of carboxylic acid groups (broad SMARTS) is 1. The van der Waals surface area contributed by atoms with E-state index in [1.807, 2.05) is 5.40 Å². The predicted molar refractivity (Wildman–Crippen MR) is 84.3 cm³/mol. The van der Waals surface area contributed by atoms with Crippen molar-refractivity contribution in [2.24, 2.45) is 5.41 Å². The molecule has 116 valence electrons. The highest BCUT2D eigenvalue weighted by molar-refractivity contribution is 8.03. The summed E-state index contributed by atoms with van der Waals surface area (Å²) in [4.78, 5) is 24.5. The number of thioether (sulfide) groups is 1. The quantitative estimate of drug-likeness (QED) is 0.639. The normalized spacial score (nSPS) is 16.5. The maximum atomic E-state index is 12.2. The molecule has 22 heavy (non-hydrogen) atoms. The smallest absolute Gasteiger partial charge is 0.310 e. The molecule has 2 N–H and O–H groups in total. The van der Waals surface area contributed by atoms with E-state index >= 15 is 0 Å². The molecule has 1 amide bonds. The van der Waals surface area contributed by atoms with Crippen LogP contribution in [0.25, 0.3) is 0 Å².